The Balaban J connectivity index is 2.17. The summed E-state index contributed by atoms with van der Waals surface area (Å²) in [5, 5.41) is 20.2. The number of aryl methyl sites for hydroxylation is 1. The van der Waals surface area contributed by atoms with E-state index in [1.165, 1.54) is 29.0 Å². The molecule has 2 aromatic rings. The number of hydrogen-bond acceptors (Lipinski definition) is 5. The van der Waals surface area contributed by atoms with Crippen LogP contribution in [-0.4, -0.2) is 9.91 Å². The third-order valence-corrected chi connectivity index (χ3v) is 3.77. The summed E-state index contributed by atoms with van der Waals surface area (Å²) in [7, 11) is 0. The van der Waals surface area contributed by atoms with Crippen molar-refractivity contribution in [2.75, 3.05) is 0 Å². The molecule has 0 aliphatic carbocycles. The Morgan fingerprint density at radius 1 is 1.35 bits per heavy atom. The van der Waals surface area contributed by atoms with Crippen LogP contribution >= 0.6 is 11.8 Å². The maximum atomic E-state index is 10.7. The molecule has 0 spiro atoms. The van der Waals surface area contributed by atoms with Crippen molar-refractivity contribution in [1.29, 1.82) is 5.26 Å². The Morgan fingerprint density at radius 3 is 2.75 bits per heavy atom. The van der Waals surface area contributed by atoms with Crippen LogP contribution < -0.4 is 0 Å². The van der Waals surface area contributed by atoms with Gasteiger partial charge in [-0.3, -0.25) is 10.1 Å². The van der Waals surface area contributed by atoms with Gasteiger partial charge in [-0.1, -0.05) is 24.3 Å². The van der Waals surface area contributed by atoms with E-state index in [2.05, 4.69) is 4.98 Å². The first-order valence-electron chi connectivity index (χ1n) is 5.84. The second-order valence-electron chi connectivity index (χ2n) is 4.10. The molecule has 1 heterocycles. The van der Waals surface area contributed by atoms with Crippen molar-refractivity contribution in [3.8, 4) is 6.07 Å². The van der Waals surface area contributed by atoms with Gasteiger partial charge in [-0.2, -0.15) is 5.26 Å². The highest BCUT2D eigenvalue weighted by Crippen LogP contribution is 2.25. The zero-order valence-electron chi connectivity index (χ0n) is 10.7. The van der Waals surface area contributed by atoms with Crippen LogP contribution in [0.25, 0.3) is 0 Å². The van der Waals surface area contributed by atoms with E-state index >= 15 is 0 Å². The van der Waals surface area contributed by atoms with Crippen molar-refractivity contribution in [1.82, 2.24) is 4.98 Å². The lowest BCUT2D eigenvalue weighted by atomic mass is 10.1. The lowest BCUT2D eigenvalue weighted by Crippen LogP contribution is -1.96. The molecule has 0 aliphatic rings. The molecule has 0 aliphatic heterocycles. The summed E-state index contributed by atoms with van der Waals surface area (Å²) in [5.41, 5.74) is 1.95. The van der Waals surface area contributed by atoms with Gasteiger partial charge in [0.2, 0.25) is 5.69 Å². The second kappa shape index (κ2) is 6.17. The molecule has 0 amide bonds. The monoisotopic (exact) mass is 285 g/mol. The molecular formula is C14H11N3O2S. The van der Waals surface area contributed by atoms with Gasteiger partial charge in [-0.25, -0.2) is 4.98 Å². The third-order valence-electron chi connectivity index (χ3n) is 2.79. The molecule has 0 bridgehead atoms. The third kappa shape index (κ3) is 3.13. The highest BCUT2D eigenvalue weighted by molar-refractivity contribution is 7.98. The molecule has 2 rings (SSSR count). The van der Waals surface area contributed by atoms with Crippen LogP contribution in [0.4, 0.5) is 5.69 Å². The predicted molar refractivity (Wildman–Crippen MR) is 76.3 cm³/mol. The number of nitriles is 1. The number of hydrogen-bond donors (Lipinski definition) is 0. The quantitative estimate of drug-likeness (QED) is 0.488. The number of aromatic nitrogens is 1. The molecule has 0 radical (unpaired) electrons. The maximum Gasteiger partial charge on any atom is 0.305 e. The van der Waals surface area contributed by atoms with Crippen LogP contribution in [0.5, 0.6) is 0 Å². The van der Waals surface area contributed by atoms with E-state index in [4.69, 9.17) is 5.26 Å². The van der Waals surface area contributed by atoms with Gasteiger partial charge in [0.1, 0.15) is 6.07 Å². The SMILES string of the molecule is Cc1ccccc1CSc1ccc([N+](=O)[O-])c(C#N)n1. The molecule has 100 valence electrons. The van der Waals surface area contributed by atoms with Crippen molar-refractivity contribution >= 4 is 17.4 Å². The first-order chi connectivity index (χ1) is 9.61. The number of benzene rings is 1. The van der Waals surface area contributed by atoms with Gasteiger partial charge in [-0.15, -0.1) is 11.8 Å². The number of rotatable bonds is 4. The van der Waals surface area contributed by atoms with Crippen molar-refractivity contribution in [2.45, 2.75) is 17.7 Å². The largest absolute Gasteiger partial charge is 0.305 e. The van der Waals surface area contributed by atoms with Crippen LogP contribution in [0.2, 0.25) is 0 Å². The van der Waals surface area contributed by atoms with E-state index in [0.717, 1.165) is 0 Å². The molecule has 0 fully saturated rings. The molecular weight excluding hydrogens is 274 g/mol. The second-order valence-corrected chi connectivity index (χ2v) is 5.10. The fourth-order valence-corrected chi connectivity index (χ4v) is 2.61. The summed E-state index contributed by atoms with van der Waals surface area (Å²) in [6.07, 6.45) is 0. The molecule has 1 aromatic heterocycles. The molecule has 20 heavy (non-hydrogen) atoms. The normalized spacial score (nSPS) is 10.0. The van der Waals surface area contributed by atoms with Gasteiger partial charge in [0, 0.05) is 11.8 Å². The van der Waals surface area contributed by atoms with Crippen molar-refractivity contribution in [2.24, 2.45) is 0 Å². The molecule has 0 saturated heterocycles. The van der Waals surface area contributed by atoms with Crippen molar-refractivity contribution < 1.29 is 4.92 Å². The van der Waals surface area contributed by atoms with Gasteiger partial charge in [0.15, 0.2) is 0 Å². The summed E-state index contributed by atoms with van der Waals surface area (Å²) < 4.78 is 0. The van der Waals surface area contributed by atoms with Crippen LogP contribution in [0.15, 0.2) is 41.4 Å². The predicted octanol–water partition coefficient (Wildman–Crippen LogP) is 3.46. The molecule has 0 N–H and O–H groups in total. The molecule has 0 atom stereocenters. The van der Waals surface area contributed by atoms with E-state index in [1.54, 1.807) is 12.1 Å². The first-order valence-corrected chi connectivity index (χ1v) is 6.83. The van der Waals surface area contributed by atoms with Crippen molar-refractivity contribution in [3.63, 3.8) is 0 Å². The van der Waals surface area contributed by atoms with Gasteiger partial charge >= 0.3 is 5.69 Å². The maximum absolute atomic E-state index is 10.7. The van der Waals surface area contributed by atoms with E-state index in [-0.39, 0.29) is 11.4 Å². The summed E-state index contributed by atoms with van der Waals surface area (Å²) in [4.78, 5) is 14.1. The molecule has 0 unspecified atom stereocenters. The Labute approximate surface area is 120 Å². The highest BCUT2D eigenvalue weighted by atomic mass is 32.2. The fourth-order valence-electron chi connectivity index (χ4n) is 1.67. The zero-order chi connectivity index (χ0) is 14.5. The minimum absolute atomic E-state index is 0.148. The van der Waals surface area contributed by atoms with E-state index in [9.17, 15) is 10.1 Å². The van der Waals surface area contributed by atoms with E-state index in [0.29, 0.717) is 10.8 Å². The van der Waals surface area contributed by atoms with Gasteiger partial charge in [0.05, 0.1) is 9.95 Å². The Bertz CT molecular complexity index is 695. The smallest absolute Gasteiger partial charge is 0.258 e. The molecule has 6 heteroatoms. The Kier molecular flexibility index (Phi) is 4.33. The van der Waals surface area contributed by atoms with Crippen LogP contribution in [-0.2, 0) is 5.75 Å². The minimum atomic E-state index is -0.596. The number of thioether (sulfide) groups is 1. The first kappa shape index (κ1) is 14.0. The standard InChI is InChI=1S/C14H11N3O2S/c1-10-4-2-3-5-11(10)9-20-14-7-6-13(17(18)19)12(8-15)16-14/h2-7H,9H2,1H3. The number of pyridine rings is 1. The highest BCUT2D eigenvalue weighted by Gasteiger charge is 2.15. The van der Waals surface area contributed by atoms with E-state index in [1.807, 2.05) is 31.2 Å². The summed E-state index contributed by atoms with van der Waals surface area (Å²) in [5.74, 6) is 0.711. The summed E-state index contributed by atoms with van der Waals surface area (Å²) >= 11 is 1.45. The Morgan fingerprint density at radius 2 is 2.10 bits per heavy atom. The lowest BCUT2D eigenvalue weighted by molar-refractivity contribution is -0.385. The average Bonchev–Trinajstić information content (AvgIpc) is 2.46. The van der Waals surface area contributed by atoms with E-state index < -0.39 is 4.92 Å². The molecule has 5 nitrogen and oxygen atoms in total. The van der Waals surface area contributed by atoms with Gasteiger partial charge < -0.3 is 0 Å². The fraction of sp³-hybridized carbons (Fsp3) is 0.143. The minimum Gasteiger partial charge on any atom is -0.258 e. The number of nitro groups is 1. The zero-order valence-corrected chi connectivity index (χ0v) is 11.6. The van der Waals surface area contributed by atoms with Crippen molar-refractivity contribution in [3.05, 3.63) is 63.3 Å². The molecule has 1 aromatic carbocycles. The van der Waals surface area contributed by atoms with Gasteiger partial charge in [-0.05, 0) is 24.1 Å². The average molecular weight is 285 g/mol. The Hall–Kier alpha value is -2.39. The van der Waals surface area contributed by atoms with Crippen LogP contribution in [0, 0.1) is 28.4 Å². The lowest BCUT2D eigenvalue weighted by Gasteiger charge is -2.05. The topological polar surface area (TPSA) is 79.8 Å². The van der Waals surface area contributed by atoms with Gasteiger partial charge in [0.25, 0.3) is 0 Å². The summed E-state index contributed by atoms with van der Waals surface area (Å²) in [6.45, 7) is 2.03. The van der Waals surface area contributed by atoms with Crippen LogP contribution in [0.1, 0.15) is 16.8 Å². The molecule has 0 saturated carbocycles. The number of nitrogens with zero attached hydrogens (tertiary/aromatic N) is 3. The van der Waals surface area contributed by atoms with Crippen LogP contribution in [0.3, 0.4) is 0 Å². The summed E-state index contributed by atoms with van der Waals surface area (Å²) in [6, 6.07) is 12.7.